The molecule has 3 rings (SSSR count). The molecule has 7 heteroatoms. The van der Waals surface area contributed by atoms with E-state index in [-0.39, 0.29) is 6.61 Å². The first-order chi connectivity index (χ1) is 11.5. The highest BCUT2D eigenvalue weighted by molar-refractivity contribution is 6.39. The van der Waals surface area contributed by atoms with E-state index in [2.05, 4.69) is 5.32 Å². The second kappa shape index (κ2) is 6.95. The van der Waals surface area contributed by atoms with E-state index in [0.717, 1.165) is 5.39 Å². The van der Waals surface area contributed by atoms with Gasteiger partial charge in [0.2, 0.25) is 0 Å². The van der Waals surface area contributed by atoms with Gasteiger partial charge in [0.25, 0.3) is 5.91 Å². The number of ether oxygens (including phenoxy) is 1. The molecule has 2 aromatic carbocycles. The largest absolute Gasteiger partial charge is 0.484 e. The van der Waals surface area contributed by atoms with Crippen LogP contribution in [0.1, 0.15) is 0 Å². The fourth-order valence-corrected chi connectivity index (χ4v) is 2.56. The molecular formula is C17H11Cl2NO4. The maximum atomic E-state index is 12.0. The van der Waals surface area contributed by atoms with Crippen LogP contribution >= 0.6 is 23.2 Å². The van der Waals surface area contributed by atoms with E-state index < -0.39 is 11.5 Å². The number of benzene rings is 2. The zero-order valence-corrected chi connectivity index (χ0v) is 13.7. The van der Waals surface area contributed by atoms with Crippen molar-refractivity contribution in [2.45, 2.75) is 0 Å². The molecule has 0 bridgehead atoms. The highest BCUT2D eigenvalue weighted by Gasteiger charge is 2.10. The van der Waals surface area contributed by atoms with Gasteiger partial charge in [-0.05, 0) is 30.3 Å². The predicted octanol–water partition coefficient (Wildman–Crippen LogP) is 4.12. The van der Waals surface area contributed by atoms with Crippen molar-refractivity contribution in [1.82, 2.24) is 0 Å². The van der Waals surface area contributed by atoms with Crippen molar-refractivity contribution < 1.29 is 13.9 Å². The van der Waals surface area contributed by atoms with Crippen LogP contribution in [0, 0.1) is 0 Å². The van der Waals surface area contributed by atoms with Crippen LogP contribution < -0.4 is 15.7 Å². The van der Waals surface area contributed by atoms with Gasteiger partial charge in [0, 0.05) is 17.5 Å². The Hall–Kier alpha value is -2.50. The molecule has 0 aliphatic carbocycles. The lowest BCUT2D eigenvalue weighted by molar-refractivity contribution is -0.118. The van der Waals surface area contributed by atoms with Gasteiger partial charge in [0.1, 0.15) is 11.3 Å². The minimum absolute atomic E-state index is 0.246. The Bertz CT molecular complexity index is 948. The van der Waals surface area contributed by atoms with Crippen LogP contribution in [-0.2, 0) is 4.79 Å². The zero-order chi connectivity index (χ0) is 17.1. The summed E-state index contributed by atoms with van der Waals surface area (Å²) in [5.41, 5.74) is 0.263. The smallest absolute Gasteiger partial charge is 0.336 e. The number of fused-ring (bicyclic) bond motifs is 1. The number of hydrogen-bond acceptors (Lipinski definition) is 4. The number of rotatable bonds is 4. The summed E-state index contributed by atoms with van der Waals surface area (Å²) in [5.74, 6) is -0.0168. The number of nitrogens with one attached hydrogen (secondary N) is 1. The molecule has 1 heterocycles. The highest BCUT2D eigenvalue weighted by atomic mass is 35.5. The fourth-order valence-electron chi connectivity index (χ4n) is 2.07. The third-order valence-electron chi connectivity index (χ3n) is 3.19. The summed E-state index contributed by atoms with van der Waals surface area (Å²) >= 11 is 12.0. The summed E-state index contributed by atoms with van der Waals surface area (Å²) < 4.78 is 10.5. The molecule has 0 saturated carbocycles. The van der Waals surface area contributed by atoms with E-state index in [4.69, 9.17) is 32.4 Å². The van der Waals surface area contributed by atoms with Gasteiger partial charge in [-0.15, -0.1) is 0 Å². The average Bonchev–Trinajstić information content (AvgIpc) is 2.56. The lowest BCUT2D eigenvalue weighted by Crippen LogP contribution is -2.20. The predicted molar refractivity (Wildman–Crippen MR) is 93.1 cm³/mol. The monoisotopic (exact) mass is 363 g/mol. The van der Waals surface area contributed by atoms with Crippen molar-refractivity contribution in [3.63, 3.8) is 0 Å². The van der Waals surface area contributed by atoms with E-state index in [1.54, 1.807) is 42.5 Å². The van der Waals surface area contributed by atoms with Crippen LogP contribution in [0.2, 0.25) is 10.0 Å². The van der Waals surface area contributed by atoms with Crippen LogP contribution in [-0.4, -0.2) is 12.5 Å². The van der Waals surface area contributed by atoms with Crippen molar-refractivity contribution in [3.8, 4) is 5.75 Å². The van der Waals surface area contributed by atoms with E-state index >= 15 is 0 Å². The Balaban J connectivity index is 1.69. The van der Waals surface area contributed by atoms with Gasteiger partial charge < -0.3 is 14.5 Å². The third kappa shape index (κ3) is 3.69. The summed E-state index contributed by atoms with van der Waals surface area (Å²) in [4.78, 5) is 23.2. The number of anilines is 1. The quantitative estimate of drug-likeness (QED) is 0.708. The van der Waals surface area contributed by atoms with Crippen LogP contribution in [0.15, 0.2) is 57.7 Å². The number of carbonyl (C=O) groups excluding carboxylic acids is 1. The molecule has 0 aliphatic rings. The van der Waals surface area contributed by atoms with Crippen molar-refractivity contribution in [3.05, 3.63) is 69.0 Å². The van der Waals surface area contributed by atoms with E-state index in [9.17, 15) is 9.59 Å². The summed E-state index contributed by atoms with van der Waals surface area (Å²) in [6, 6.07) is 12.9. The van der Waals surface area contributed by atoms with Gasteiger partial charge in [-0.1, -0.05) is 29.3 Å². The molecule has 0 unspecified atom stereocenters. The first-order valence-corrected chi connectivity index (χ1v) is 7.69. The molecule has 3 aromatic rings. The average molecular weight is 364 g/mol. The van der Waals surface area contributed by atoms with Crippen molar-refractivity contribution in [2.24, 2.45) is 0 Å². The Labute approximate surface area is 146 Å². The zero-order valence-electron chi connectivity index (χ0n) is 12.2. The lowest BCUT2D eigenvalue weighted by atomic mass is 10.2. The molecule has 0 aliphatic heterocycles. The van der Waals surface area contributed by atoms with Gasteiger partial charge in [-0.3, -0.25) is 4.79 Å². The molecule has 5 nitrogen and oxygen atoms in total. The molecule has 122 valence electrons. The SMILES string of the molecule is O=C(COc1ccc2ccc(=O)oc2c1)Nc1c(Cl)cccc1Cl. The maximum Gasteiger partial charge on any atom is 0.336 e. The second-order valence-electron chi connectivity index (χ2n) is 4.89. The first-order valence-electron chi connectivity index (χ1n) is 6.93. The summed E-state index contributed by atoms with van der Waals surface area (Å²) in [6.45, 7) is -0.246. The Kier molecular flexibility index (Phi) is 4.74. The number of amides is 1. The van der Waals surface area contributed by atoms with E-state index in [1.165, 1.54) is 6.07 Å². The number of para-hydroxylation sites is 1. The molecule has 1 N–H and O–H groups in total. The van der Waals surface area contributed by atoms with Crippen LogP contribution in [0.25, 0.3) is 11.0 Å². The lowest BCUT2D eigenvalue weighted by Gasteiger charge is -2.10. The minimum Gasteiger partial charge on any atom is -0.484 e. The third-order valence-corrected chi connectivity index (χ3v) is 3.82. The first kappa shape index (κ1) is 16.4. The van der Waals surface area contributed by atoms with Gasteiger partial charge in [0.05, 0.1) is 15.7 Å². The van der Waals surface area contributed by atoms with Gasteiger partial charge >= 0.3 is 5.63 Å². The van der Waals surface area contributed by atoms with Crippen molar-refractivity contribution in [2.75, 3.05) is 11.9 Å². The number of hydrogen-bond donors (Lipinski definition) is 1. The van der Waals surface area contributed by atoms with Crippen LogP contribution in [0.5, 0.6) is 5.75 Å². The molecule has 1 aromatic heterocycles. The summed E-state index contributed by atoms with van der Waals surface area (Å²) in [5, 5.41) is 4.03. The Morgan fingerprint density at radius 3 is 2.54 bits per heavy atom. The van der Waals surface area contributed by atoms with Gasteiger partial charge in [-0.25, -0.2) is 4.79 Å². The highest BCUT2D eigenvalue weighted by Crippen LogP contribution is 2.29. The van der Waals surface area contributed by atoms with Crippen LogP contribution in [0.4, 0.5) is 5.69 Å². The minimum atomic E-state index is -0.453. The standard InChI is InChI=1S/C17H11Cl2NO4/c18-12-2-1-3-13(19)17(12)20-15(21)9-23-11-6-4-10-5-7-16(22)24-14(10)8-11/h1-8H,9H2,(H,20,21). The molecule has 0 fully saturated rings. The fraction of sp³-hybridized carbons (Fsp3) is 0.0588. The second-order valence-corrected chi connectivity index (χ2v) is 5.70. The van der Waals surface area contributed by atoms with Crippen molar-refractivity contribution in [1.29, 1.82) is 0 Å². The Morgan fingerprint density at radius 1 is 1.08 bits per heavy atom. The summed E-state index contributed by atoms with van der Waals surface area (Å²) in [6.07, 6.45) is 0. The number of carbonyl (C=O) groups is 1. The van der Waals surface area contributed by atoms with Crippen LogP contribution in [0.3, 0.4) is 0 Å². The number of halogens is 2. The maximum absolute atomic E-state index is 12.0. The molecule has 0 atom stereocenters. The summed E-state index contributed by atoms with van der Waals surface area (Å²) in [7, 11) is 0. The molecule has 1 amide bonds. The van der Waals surface area contributed by atoms with Gasteiger partial charge in [0.15, 0.2) is 6.61 Å². The van der Waals surface area contributed by atoms with Crippen molar-refractivity contribution >= 4 is 45.8 Å². The van der Waals surface area contributed by atoms with E-state index in [1.807, 2.05) is 0 Å². The molecule has 0 spiro atoms. The van der Waals surface area contributed by atoms with E-state index in [0.29, 0.717) is 27.1 Å². The normalized spacial score (nSPS) is 10.6. The van der Waals surface area contributed by atoms with Gasteiger partial charge in [-0.2, -0.15) is 0 Å². The molecule has 0 radical (unpaired) electrons. The molecular weight excluding hydrogens is 353 g/mol. The Morgan fingerprint density at radius 2 is 1.79 bits per heavy atom. The molecule has 0 saturated heterocycles. The molecule has 24 heavy (non-hydrogen) atoms. The topological polar surface area (TPSA) is 68.5 Å².